The molecule has 10 heteroatoms. The van der Waals surface area contributed by atoms with Crippen LogP contribution in [-0.4, -0.2) is 25.4 Å². The molecule has 5 nitrogen and oxygen atoms in total. The van der Waals surface area contributed by atoms with E-state index in [1.165, 1.54) is 17.8 Å². The zero-order chi connectivity index (χ0) is 22.1. The third-order valence-corrected chi connectivity index (χ3v) is 8.03. The maximum atomic E-state index is 13.3. The topological polar surface area (TPSA) is 60.3 Å². The zero-order valence-corrected chi connectivity index (χ0v) is 19.0. The van der Waals surface area contributed by atoms with Crippen molar-refractivity contribution in [2.45, 2.75) is 54.4 Å². The van der Waals surface area contributed by atoms with Gasteiger partial charge in [0.1, 0.15) is 5.75 Å². The number of nitrogens with zero attached hydrogens (tertiary/aromatic N) is 1. The molecular weight excluding hydrogens is 465 g/mol. The molecule has 1 saturated heterocycles. The summed E-state index contributed by atoms with van der Waals surface area (Å²) in [6.07, 6.45) is -1.91. The molecule has 172 valence electrons. The predicted octanol–water partition coefficient (Wildman–Crippen LogP) is 4.99. The number of benzene rings is 2. The highest BCUT2D eigenvalue weighted by Gasteiger charge is 2.37. The molecule has 1 N–H and O–H groups in total. The molecule has 3 aromatic rings. The lowest BCUT2D eigenvalue weighted by Crippen LogP contribution is -2.32. The molecule has 0 amide bonds. The minimum absolute atomic E-state index is 0. The summed E-state index contributed by atoms with van der Waals surface area (Å²) in [5, 5.41) is 4.49. The van der Waals surface area contributed by atoms with Crippen LogP contribution >= 0.6 is 12.4 Å². The molecule has 2 aliphatic rings. The number of ether oxygens (including phenoxy) is 1. The van der Waals surface area contributed by atoms with Crippen molar-refractivity contribution in [3.05, 3.63) is 53.2 Å². The maximum Gasteiger partial charge on any atom is 0.573 e. The Morgan fingerprint density at radius 2 is 1.88 bits per heavy atom. The lowest BCUT2D eigenvalue weighted by atomic mass is 9.98. The standard InChI is InChI=1S/C22H21F3N2O3S.ClH/c1-12-8-16(31(28,29)15-5-3-4-14(10-15)30-22(23,24)25)11-17-20-18-7-6-13(26-18)9-19(20)27(2)21(12)17;/h3-5,8,10-11,13,18,26H,6-7,9H2,1-2H3;1H. The summed E-state index contributed by atoms with van der Waals surface area (Å²) < 4.78 is 70.4. The number of alkyl halides is 3. The maximum absolute atomic E-state index is 13.3. The van der Waals surface area contributed by atoms with Gasteiger partial charge < -0.3 is 14.6 Å². The molecule has 2 atom stereocenters. The predicted molar refractivity (Wildman–Crippen MR) is 116 cm³/mol. The van der Waals surface area contributed by atoms with E-state index in [0.29, 0.717) is 6.04 Å². The Kier molecular flexibility index (Phi) is 5.50. The molecule has 0 aliphatic carbocycles. The number of hydrogen-bond donors (Lipinski definition) is 1. The first-order valence-corrected chi connectivity index (χ1v) is 11.5. The zero-order valence-electron chi connectivity index (χ0n) is 17.4. The fourth-order valence-corrected chi connectivity index (χ4v) is 6.48. The molecule has 0 radical (unpaired) electrons. The highest BCUT2D eigenvalue weighted by Crippen LogP contribution is 2.43. The van der Waals surface area contributed by atoms with E-state index in [1.54, 1.807) is 12.1 Å². The van der Waals surface area contributed by atoms with Crippen molar-refractivity contribution in [3.8, 4) is 5.75 Å². The van der Waals surface area contributed by atoms with Gasteiger partial charge in [0.2, 0.25) is 9.84 Å². The number of fused-ring (bicyclic) bond motifs is 6. The Labute approximate surface area is 189 Å². The molecule has 2 aromatic carbocycles. The summed E-state index contributed by atoms with van der Waals surface area (Å²) in [6.45, 7) is 1.86. The van der Waals surface area contributed by atoms with Crippen LogP contribution in [0.2, 0.25) is 0 Å². The van der Waals surface area contributed by atoms with E-state index in [2.05, 4.69) is 14.6 Å². The number of sulfone groups is 1. The first kappa shape index (κ1) is 22.9. The second kappa shape index (κ2) is 7.67. The summed E-state index contributed by atoms with van der Waals surface area (Å²) >= 11 is 0. The fraction of sp³-hybridized carbons (Fsp3) is 0.364. The van der Waals surface area contributed by atoms with Crippen molar-refractivity contribution in [3.63, 3.8) is 0 Å². The van der Waals surface area contributed by atoms with Crippen LogP contribution in [0, 0.1) is 6.92 Å². The third-order valence-electron chi connectivity index (χ3n) is 6.30. The van der Waals surface area contributed by atoms with E-state index in [1.807, 2.05) is 14.0 Å². The molecule has 0 saturated carbocycles. The first-order valence-electron chi connectivity index (χ1n) is 10.0. The van der Waals surface area contributed by atoms with Crippen molar-refractivity contribution >= 4 is 33.1 Å². The second-order valence-corrected chi connectivity index (χ2v) is 10.2. The summed E-state index contributed by atoms with van der Waals surface area (Å²) in [6, 6.07) is 8.40. The smallest absolute Gasteiger partial charge is 0.406 e. The average Bonchev–Trinajstić information content (AvgIpc) is 3.20. The van der Waals surface area contributed by atoms with Crippen LogP contribution in [0.3, 0.4) is 0 Å². The van der Waals surface area contributed by atoms with E-state index in [4.69, 9.17) is 0 Å². The Morgan fingerprint density at radius 3 is 2.59 bits per heavy atom. The molecule has 2 unspecified atom stereocenters. The SMILES string of the molecule is Cc1cc(S(=O)(=O)c2cccc(OC(F)(F)F)c2)cc2c3c(n(C)c12)CC1CCC3N1.Cl. The van der Waals surface area contributed by atoms with Crippen molar-refractivity contribution in [1.29, 1.82) is 0 Å². The van der Waals surface area contributed by atoms with Crippen LogP contribution in [0.4, 0.5) is 13.2 Å². The Morgan fingerprint density at radius 1 is 1.12 bits per heavy atom. The van der Waals surface area contributed by atoms with E-state index >= 15 is 0 Å². The van der Waals surface area contributed by atoms with Crippen molar-refractivity contribution in [1.82, 2.24) is 9.88 Å². The molecule has 1 fully saturated rings. The van der Waals surface area contributed by atoms with Gasteiger partial charge in [-0.3, -0.25) is 0 Å². The molecular formula is C22H22ClF3N2O3S. The van der Waals surface area contributed by atoms with Crippen molar-refractivity contribution < 1.29 is 26.3 Å². The van der Waals surface area contributed by atoms with E-state index < -0.39 is 21.9 Å². The van der Waals surface area contributed by atoms with Crippen molar-refractivity contribution in [2.24, 2.45) is 7.05 Å². The van der Waals surface area contributed by atoms with Gasteiger partial charge in [0.15, 0.2) is 0 Å². The molecule has 32 heavy (non-hydrogen) atoms. The highest BCUT2D eigenvalue weighted by molar-refractivity contribution is 7.91. The summed E-state index contributed by atoms with van der Waals surface area (Å²) in [5.74, 6) is -0.565. The van der Waals surface area contributed by atoms with Gasteiger partial charge in [-0.2, -0.15) is 0 Å². The van der Waals surface area contributed by atoms with Gasteiger partial charge in [0, 0.05) is 36.6 Å². The van der Waals surface area contributed by atoms with E-state index in [9.17, 15) is 21.6 Å². The normalized spacial score (nSPS) is 20.2. The number of rotatable bonds is 3. The first-order chi connectivity index (χ1) is 14.5. The van der Waals surface area contributed by atoms with E-state index in [-0.39, 0.29) is 28.2 Å². The van der Waals surface area contributed by atoms with Gasteiger partial charge in [-0.15, -0.1) is 25.6 Å². The number of aromatic nitrogens is 1. The van der Waals surface area contributed by atoms with Gasteiger partial charge in [-0.05, 0) is 61.2 Å². The van der Waals surface area contributed by atoms with Crippen LogP contribution in [0.15, 0.2) is 46.2 Å². The van der Waals surface area contributed by atoms with Crippen LogP contribution in [0.25, 0.3) is 10.9 Å². The lowest BCUT2D eigenvalue weighted by molar-refractivity contribution is -0.274. The molecule has 0 spiro atoms. The van der Waals surface area contributed by atoms with E-state index in [0.717, 1.165) is 53.4 Å². The van der Waals surface area contributed by atoms with Crippen LogP contribution in [-0.2, 0) is 23.3 Å². The monoisotopic (exact) mass is 486 g/mol. The van der Waals surface area contributed by atoms with Crippen molar-refractivity contribution in [2.75, 3.05) is 0 Å². The second-order valence-electron chi connectivity index (χ2n) is 8.28. The quantitative estimate of drug-likeness (QED) is 0.566. The summed E-state index contributed by atoms with van der Waals surface area (Å²) in [7, 11) is -2.03. The third kappa shape index (κ3) is 3.66. The fourth-order valence-electron chi connectivity index (χ4n) is 5.07. The van der Waals surface area contributed by atoms with Gasteiger partial charge >= 0.3 is 6.36 Å². The Hall–Kier alpha value is -2.23. The molecule has 1 aromatic heterocycles. The minimum Gasteiger partial charge on any atom is -0.406 e. The van der Waals surface area contributed by atoms with Gasteiger partial charge in [0.05, 0.1) is 15.3 Å². The number of halogens is 4. The van der Waals surface area contributed by atoms with Crippen LogP contribution in [0.1, 0.15) is 35.7 Å². The van der Waals surface area contributed by atoms with Gasteiger partial charge in [-0.25, -0.2) is 8.42 Å². The lowest BCUT2D eigenvalue weighted by Gasteiger charge is -2.23. The van der Waals surface area contributed by atoms with Gasteiger partial charge in [-0.1, -0.05) is 6.07 Å². The molecule has 5 rings (SSSR count). The number of aryl methyl sites for hydroxylation is 2. The van der Waals surface area contributed by atoms with Crippen LogP contribution in [0.5, 0.6) is 5.75 Å². The number of hydrogen-bond acceptors (Lipinski definition) is 4. The summed E-state index contributed by atoms with van der Waals surface area (Å²) in [4.78, 5) is -0.174. The Bertz CT molecular complexity index is 1320. The number of nitrogens with one attached hydrogen (secondary N) is 1. The molecule has 2 aliphatic heterocycles. The Balaban J connectivity index is 0.00000245. The molecule has 2 bridgehead atoms. The minimum atomic E-state index is -4.90. The molecule has 3 heterocycles. The summed E-state index contributed by atoms with van der Waals surface area (Å²) in [5.41, 5.74) is 4.17. The average molecular weight is 487 g/mol. The highest BCUT2D eigenvalue weighted by atomic mass is 35.5. The largest absolute Gasteiger partial charge is 0.573 e. The van der Waals surface area contributed by atoms with Crippen LogP contribution < -0.4 is 10.1 Å². The van der Waals surface area contributed by atoms with Gasteiger partial charge in [0.25, 0.3) is 0 Å².